The van der Waals surface area contributed by atoms with E-state index >= 15 is 0 Å². The minimum absolute atomic E-state index is 0.166. The van der Waals surface area contributed by atoms with Crippen LogP contribution in [0.1, 0.15) is 41.5 Å². The van der Waals surface area contributed by atoms with Crippen molar-refractivity contribution < 1.29 is 27.9 Å². The number of rotatable bonds is 4. The van der Waals surface area contributed by atoms with Crippen molar-refractivity contribution in [1.82, 2.24) is 0 Å². The van der Waals surface area contributed by atoms with Gasteiger partial charge in [-0.2, -0.15) is 0 Å². The second kappa shape index (κ2) is 6.23. The van der Waals surface area contributed by atoms with E-state index in [-0.39, 0.29) is 6.10 Å². The number of halogens is 1. The van der Waals surface area contributed by atoms with Gasteiger partial charge in [-0.15, -0.1) is 0 Å². The molecule has 7 heteroatoms. The second-order valence-corrected chi connectivity index (χ2v) is 8.03. The first-order valence-corrected chi connectivity index (χ1v) is 8.59. The van der Waals surface area contributed by atoms with Crippen molar-refractivity contribution in [2.45, 2.75) is 64.6 Å². The number of ether oxygens (including phenoxy) is 3. The van der Waals surface area contributed by atoms with Crippen LogP contribution in [-0.2, 0) is 18.8 Å². The number of hydrogen-bond donors (Lipinski definition) is 0. The van der Waals surface area contributed by atoms with E-state index in [0.717, 1.165) is 0 Å². The van der Waals surface area contributed by atoms with Crippen molar-refractivity contribution in [1.29, 1.82) is 0 Å². The molecule has 0 amide bonds. The molecule has 2 fully saturated rings. The maximum absolute atomic E-state index is 14.5. The summed E-state index contributed by atoms with van der Waals surface area (Å²) in [6.07, 6.45) is -0.166. The van der Waals surface area contributed by atoms with Crippen molar-refractivity contribution in [2.75, 3.05) is 13.2 Å². The van der Waals surface area contributed by atoms with Crippen LogP contribution in [0.2, 0.25) is 0 Å². The van der Waals surface area contributed by atoms with Crippen LogP contribution in [0.25, 0.3) is 0 Å². The fraction of sp³-hybridized carbons (Fsp3) is 0.667. The Bertz CT molecular complexity index is 630. The van der Waals surface area contributed by atoms with E-state index in [1.807, 2.05) is 41.5 Å². The summed E-state index contributed by atoms with van der Waals surface area (Å²) >= 11 is 0. The molecule has 2 heterocycles. The van der Waals surface area contributed by atoms with Gasteiger partial charge in [-0.25, -0.2) is 4.39 Å². The normalized spacial score (nSPS) is 26.8. The Morgan fingerprint density at radius 2 is 1.76 bits per heavy atom. The lowest BCUT2D eigenvalue weighted by atomic mass is 9.78. The minimum Gasteiger partial charge on any atom is -0.491 e. The smallest absolute Gasteiger partial charge is 0.491 e. The summed E-state index contributed by atoms with van der Waals surface area (Å²) in [6, 6.07) is 4.70. The molecule has 0 aliphatic carbocycles. The molecule has 2 aliphatic rings. The molecular weight excluding hydrogens is 326 g/mol. The lowest BCUT2D eigenvalue weighted by molar-refractivity contribution is -0.141. The highest BCUT2D eigenvalue weighted by Gasteiger charge is 2.52. The fourth-order valence-corrected chi connectivity index (χ4v) is 2.79. The molecule has 0 bridgehead atoms. The minimum atomic E-state index is -0.730. The van der Waals surface area contributed by atoms with E-state index in [9.17, 15) is 4.39 Å². The van der Waals surface area contributed by atoms with Crippen LogP contribution in [-0.4, -0.2) is 43.4 Å². The van der Waals surface area contributed by atoms with Crippen molar-refractivity contribution >= 4 is 12.6 Å². The third-order valence-electron chi connectivity index (χ3n) is 4.98. The molecule has 0 unspecified atom stereocenters. The summed E-state index contributed by atoms with van der Waals surface area (Å²) < 4.78 is 43.1. The van der Waals surface area contributed by atoms with E-state index < -0.39 is 29.9 Å². The summed E-state index contributed by atoms with van der Waals surface area (Å²) in [4.78, 5) is 0. The van der Waals surface area contributed by atoms with E-state index in [2.05, 4.69) is 0 Å². The molecule has 2 saturated heterocycles. The standard InChI is InChI=1S/C18H26BFO5/c1-16(2)17(3,4)25-19(24-16)14-8-7-12(9-15(14)20)21-10-13-11-22-18(5,6)23-13/h7-9,13H,10-11H2,1-6H3/t13-/m0/s1. The number of benzene rings is 1. The maximum Gasteiger partial charge on any atom is 0.497 e. The van der Waals surface area contributed by atoms with Gasteiger partial charge >= 0.3 is 7.12 Å². The Hall–Kier alpha value is -1.15. The molecule has 1 aromatic carbocycles. The predicted octanol–water partition coefficient (Wildman–Crippen LogP) is 2.66. The zero-order chi connectivity index (χ0) is 18.5. The van der Waals surface area contributed by atoms with Gasteiger partial charge in [0.1, 0.15) is 24.3 Å². The second-order valence-electron chi connectivity index (χ2n) is 8.03. The van der Waals surface area contributed by atoms with Crippen LogP contribution >= 0.6 is 0 Å². The lowest BCUT2D eigenvalue weighted by Crippen LogP contribution is -2.41. The van der Waals surface area contributed by atoms with E-state index in [4.69, 9.17) is 23.5 Å². The molecule has 0 aromatic heterocycles. The Morgan fingerprint density at radius 1 is 1.12 bits per heavy atom. The molecule has 1 aromatic rings. The maximum atomic E-state index is 14.5. The highest BCUT2D eigenvalue weighted by atomic mass is 19.1. The van der Waals surface area contributed by atoms with Crippen LogP contribution in [0, 0.1) is 5.82 Å². The van der Waals surface area contributed by atoms with Crippen molar-refractivity contribution in [2.24, 2.45) is 0 Å². The van der Waals surface area contributed by atoms with Crippen molar-refractivity contribution in [3.8, 4) is 5.75 Å². The van der Waals surface area contributed by atoms with Gasteiger partial charge in [-0.05, 0) is 47.6 Å². The molecule has 0 N–H and O–H groups in total. The first-order chi connectivity index (χ1) is 11.5. The van der Waals surface area contributed by atoms with Crippen LogP contribution in [0.4, 0.5) is 4.39 Å². The van der Waals surface area contributed by atoms with Gasteiger partial charge in [0.2, 0.25) is 0 Å². The summed E-state index contributed by atoms with van der Waals surface area (Å²) in [6.45, 7) is 12.2. The molecule has 138 valence electrons. The molecule has 0 spiro atoms. The molecule has 5 nitrogen and oxygen atoms in total. The zero-order valence-corrected chi connectivity index (χ0v) is 15.7. The summed E-state index contributed by atoms with van der Waals surface area (Å²) in [5, 5.41) is 0. The molecular formula is C18H26BFO5. The van der Waals surface area contributed by atoms with E-state index in [1.165, 1.54) is 6.07 Å². The number of hydrogen-bond acceptors (Lipinski definition) is 5. The zero-order valence-electron chi connectivity index (χ0n) is 15.7. The van der Waals surface area contributed by atoms with Gasteiger partial charge in [-0.3, -0.25) is 0 Å². The first kappa shape index (κ1) is 18.6. The third kappa shape index (κ3) is 3.84. The Labute approximate surface area is 148 Å². The molecule has 1 atom stereocenters. The van der Waals surface area contributed by atoms with Crippen LogP contribution in [0.3, 0.4) is 0 Å². The monoisotopic (exact) mass is 352 g/mol. The largest absolute Gasteiger partial charge is 0.497 e. The van der Waals surface area contributed by atoms with Crippen molar-refractivity contribution in [3.63, 3.8) is 0 Å². The molecule has 3 rings (SSSR count). The van der Waals surface area contributed by atoms with Gasteiger partial charge in [0.05, 0.1) is 17.8 Å². The Morgan fingerprint density at radius 3 is 2.28 bits per heavy atom. The summed E-state index contributed by atoms with van der Waals surface area (Å²) in [7, 11) is -0.730. The topological polar surface area (TPSA) is 46.2 Å². The van der Waals surface area contributed by atoms with E-state index in [1.54, 1.807) is 12.1 Å². The van der Waals surface area contributed by atoms with Gasteiger partial charge in [0.15, 0.2) is 5.79 Å². The summed E-state index contributed by atoms with van der Waals surface area (Å²) in [5.74, 6) is -0.578. The lowest BCUT2D eigenvalue weighted by Gasteiger charge is -2.32. The molecule has 2 aliphatic heterocycles. The third-order valence-corrected chi connectivity index (χ3v) is 4.98. The Kier molecular flexibility index (Phi) is 4.65. The van der Waals surface area contributed by atoms with E-state index in [0.29, 0.717) is 24.4 Å². The van der Waals surface area contributed by atoms with Crippen LogP contribution in [0.5, 0.6) is 5.75 Å². The molecule has 0 saturated carbocycles. The first-order valence-electron chi connectivity index (χ1n) is 8.59. The van der Waals surface area contributed by atoms with Crippen molar-refractivity contribution in [3.05, 3.63) is 24.0 Å². The quantitative estimate of drug-likeness (QED) is 0.780. The molecule has 0 radical (unpaired) electrons. The fourth-order valence-electron chi connectivity index (χ4n) is 2.79. The van der Waals surface area contributed by atoms with Gasteiger partial charge < -0.3 is 23.5 Å². The van der Waals surface area contributed by atoms with Crippen LogP contribution < -0.4 is 10.2 Å². The Balaban J connectivity index is 1.64. The van der Waals surface area contributed by atoms with Crippen LogP contribution in [0.15, 0.2) is 18.2 Å². The SMILES string of the molecule is CC1(C)OC[C@H](COc2ccc(B3OC(C)(C)C(C)(C)O3)c(F)c2)O1. The van der Waals surface area contributed by atoms with Gasteiger partial charge in [-0.1, -0.05) is 6.07 Å². The highest BCUT2D eigenvalue weighted by molar-refractivity contribution is 6.62. The van der Waals surface area contributed by atoms with Gasteiger partial charge in [0, 0.05) is 11.5 Å². The predicted molar refractivity (Wildman–Crippen MR) is 92.5 cm³/mol. The average Bonchev–Trinajstić information content (AvgIpc) is 2.93. The average molecular weight is 352 g/mol. The molecule has 25 heavy (non-hydrogen) atoms. The summed E-state index contributed by atoms with van der Waals surface area (Å²) in [5.41, 5.74) is -0.648. The van der Waals surface area contributed by atoms with Gasteiger partial charge in [0.25, 0.3) is 0 Å². The highest BCUT2D eigenvalue weighted by Crippen LogP contribution is 2.36.